The third-order valence-corrected chi connectivity index (χ3v) is 9.40. The molecule has 6 rings (SSSR count). The van der Waals surface area contributed by atoms with Gasteiger partial charge in [0.25, 0.3) is 5.91 Å². The Kier molecular flexibility index (Phi) is 9.46. The number of carbonyl (C=O) groups is 3. The quantitative estimate of drug-likeness (QED) is 0.176. The molecule has 0 bridgehead atoms. The molecule has 1 aliphatic rings. The summed E-state index contributed by atoms with van der Waals surface area (Å²) in [5, 5.41) is 13.6. The van der Waals surface area contributed by atoms with Gasteiger partial charge in [0.15, 0.2) is 0 Å². The Morgan fingerprint density at radius 2 is 1.57 bits per heavy atom. The van der Waals surface area contributed by atoms with Crippen molar-refractivity contribution in [1.82, 2.24) is 25.1 Å². The van der Waals surface area contributed by atoms with Crippen LogP contribution in [0.2, 0.25) is 0 Å². The van der Waals surface area contributed by atoms with Crippen molar-refractivity contribution in [2.24, 2.45) is 0 Å². The van der Waals surface area contributed by atoms with Crippen molar-refractivity contribution < 1.29 is 19.5 Å². The number of pyridine rings is 1. The number of rotatable bonds is 10. The average Bonchev–Trinajstić information content (AvgIpc) is 3.54. The summed E-state index contributed by atoms with van der Waals surface area (Å²) < 4.78 is 0. The minimum absolute atomic E-state index is 0.0878. The van der Waals surface area contributed by atoms with E-state index in [0.29, 0.717) is 43.3 Å². The summed E-state index contributed by atoms with van der Waals surface area (Å²) in [6.45, 7) is 4.47. The number of carboxylic acids is 1. The number of H-pyrrole nitrogens is 1. The van der Waals surface area contributed by atoms with Crippen LogP contribution in [-0.4, -0.2) is 74.9 Å². The number of amides is 2. The van der Waals surface area contributed by atoms with Crippen LogP contribution in [0.1, 0.15) is 51.4 Å². The molecule has 5 aromatic rings. The van der Waals surface area contributed by atoms with E-state index in [9.17, 15) is 19.5 Å². The monoisotopic (exact) mass is 633 g/mol. The normalized spacial score (nSPS) is 14.3. The van der Waals surface area contributed by atoms with E-state index in [0.717, 1.165) is 15.8 Å². The molecular weight excluding hydrogens is 598 g/mol. The smallest absolute Gasteiger partial charge is 0.338 e. The van der Waals surface area contributed by atoms with Crippen LogP contribution in [-0.2, 0) is 4.79 Å². The molecule has 3 N–H and O–H groups in total. The number of aromatic amines is 1. The molecule has 0 unspecified atom stereocenters. The number of benzene rings is 3. The number of carboxylic acid groups (broad SMARTS) is 1. The molecule has 234 valence electrons. The summed E-state index contributed by atoms with van der Waals surface area (Å²) in [6.07, 6.45) is 2.01. The topological polar surface area (TPSA) is 119 Å². The molecule has 2 aromatic heterocycles. The van der Waals surface area contributed by atoms with Gasteiger partial charge in [-0.05, 0) is 47.9 Å². The Balaban J connectivity index is 1.13. The number of carbonyl (C=O) groups excluding carboxylic acids is 2. The van der Waals surface area contributed by atoms with Crippen molar-refractivity contribution in [3.63, 3.8) is 0 Å². The Bertz CT molecular complexity index is 1800. The first-order chi connectivity index (χ1) is 22.4. The molecule has 9 nitrogen and oxygen atoms in total. The zero-order valence-corrected chi connectivity index (χ0v) is 26.2. The summed E-state index contributed by atoms with van der Waals surface area (Å²) in [6, 6.07) is 30.7. The van der Waals surface area contributed by atoms with Gasteiger partial charge in [0, 0.05) is 48.2 Å². The number of piperazine rings is 1. The fourth-order valence-electron chi connectivity index (χ4n) is 5.96. The molecular formula is C36H35N5O4S. The molecule has 2 amide bonds. The maximum Gasteiger partial charge on any atom is 0.338 e. The Labute approximate surface area is 271 Å². The molecule has 3 aromatic carbocycles. The first-order valence-corrected chi connectivity index (χ1v) is 16.2. The van der Waals surface area contributed by atoms with Crippen molar-refractivity contribution in [3.05, 3.63) is 126 Å². The van der Waals surface area contributed by atoms with Crippen molar-refractivity contribution in [2.75, 3.05) is 26.2 Å². The lowest BCUT2D eigenvalue weighted by Gasteiger charge is -2.40. The maximum atomic E-state index is 13.7. The number of nitrogens with zero attached hydrogens (tertiary/aromatic N) is 3. The zero-order valence-electron chi connectivity index (χ0n) is 25.4. The highest BCUT2D eigenvalue weighted by Gasteiger charge is 2.31. The summed E-state index contributed by atoms with van der Waals surface area (Å²) in [4.78, 5) is 51.2. The van der Waals surface area contributed by atoms with Gasteiger partial charge in [0.1, 0.15) is 16.8 Å². The van der Waals surface area contributed by atoms with Crippen LogP contribution < -0.4 is 5.32 Å². The van der Waals surface area contributed by atoms with Crippen molar-refractivity contribution >= 4 is 40.4 Å². The lowest BCUT2D eigenvalue weighted by molar-refractivity contribution is -0.135. The van der Waals surface area contributed by atoms with Crippen molar-refractivity contribution in [1.29, 1.82) is 0 Å². The molecule has 3 heterocycles. The van der Waals surface area contributed by atoms with Gasteiger partial charge >= 0.3 is 5.97 Å². The van der Waals surface area contributed by atoms with E-state index in [1.54, 1.807) is 18.3 Å². The zero-order chi connectivity index (χ0) is 32.0. The first-order valence-electron chi connectivity index (χ1n) is 15.3. The Morgan fingerprint density at radius 1 is 0.891 bits per heavy atom. The highest BCUT2D eigenvalue weighted by Crippen LogP contribution is 2.35. The summed E-state index contributed by atoms with van der Waals surface area (Å²) in [7, 11) is 0. The summed E-state index contributed by atoms with van der Waals surface area (Å²) >= 11 is 1.23. The summed E-state index contributed by atoms with van der Waals surface area (Å²) in [5.74, 6) is -1.51. The number of nitrogens with one attached hydrogen (secondary N) is 2. The molecule has 46 heavy (non-hydrogen) atoms. The molecule has 0 radical (unpaired) electrons. The van der Waals surface area contributed by atoms with Gasteiger partial charge < -0.3 is 20.3 Å². The van der Waals surface area contributed by atoms with Crippen molar-refractivity contribution in [3.8, 4) is 0 Å². The number of aromatic carboxylic acids is 1. The van der Waals surface area contributed by atoms with Gasteiger partial charge in [-0.25, -0.2) is 9.78 Å². The number of aromatic nitrogens is 2. The molecule has 1 atom stereocenters. The van der Waals surface area contributed by atoms with E-state index in [1.807, 2.05) is 42.2 Å². The molecule has 1 saturated heterocycles. The fourth-order valence-corrected chi connectivity index (χ4v) is 6.97. The number of fused-ring (bicyclic) bond motifs is 1. The first kappa shape index (κ1) is 31.1. The molecule has 10 heteroatoms. The van der Waals surface area contributed by atoms with Crippen LogP contribution >= 0.6 is 11.8 Å². The second-order valence-corrected chi connectivity index (χ2v) is 12.2. The average molecular weight is 634 g/mol. The van der Waals surface area contributed by atoms with Crippen LogP contribution in [0.25, 0.3) is 10.9 Å². The predicted molar refractivity (Wildman–Crippen MR) is 178 cm³/mol. The highest BCUT2D eigenvalue weighted by atomic mass is 32.2. The SMILES string of the molecule is CC[C@H](NC(=O)c1cc2c(Sc3ncccc3C(=O)O)cccc2[nH]1)C(=O)N1CCN(C(c2ccccc2)c2ccccc2)CC1. The van der Waals surface area contributed by atoms with E-state index < -0.39 is 12.0 Å². The van der Waals surface area contributed by atoms with Crippen LogP contribution in [0.15, 0.2) is 113 Å². The molecule has 0 saturated carbocycles. The standard InChI is InChI=1S/C36H35N5O4S/c1-2-28(35(43)41-21-19-40(20-22-41)32(24-11-5-3-6-12-24)25-13-7-4-8-14-25)39-33(42)30-23-27-29(38-30)16-9-17-31(27)46-34-26(36(44)45)15-10-18-37-34/h3-18,23,28,32,38H,2,19-22H2,1H3,(H,39,42)(H,44,45)/t28-/m0/s1. The number of hydrogen-bond donors (Lipinski definition) is 3. The van der Waals surface area contributed by atoms with Crippen LogP contribution in [0.4, 0.5) is 0 Å². The van der Waals surface area contributed by atoms with E-state index >= 15 is 0 Å². The maximum absolute atomic E-state index is 13.7. The van der Waals surface area contributed by atoms with E-state index in [2.05, 4.69) is 68.7 Å². The minimum Gasteiger partial charge on any atom is -0.478 e. The third kappa shape index (κ3) is 6.68. The van der Waals surface area contributed by atoms with E-state index in [1.165, 1.54) is 29.0 Å². The predicted octanol–water partition coefficient (Wildman–Crippen LogP) is 5.85. The third-order valence-electron chi connectivity index (χ3n) is 8.31. The number of hydrogen-bond acceptors (Lipinski definition) is 6. The van der Waals surface area contributed by atoms with Gasteiger partial charge in [-0.15, -0.1) is 0 Å². The van der Waals surface area contributed by atoms with Crippen LogP contribution in [0.3, 0.4) is 0 Å². The fraction of sp³-hybridized carbons (Fsp3) is 0.222. The van der Waals surface area contributed by atoms with Crippen LogP contribution in [0.5, 0.6) is 0 Å². The lowest BCUT2D eigenvalue weighted by Crippen LogP contribution is -2.55. The van der Waals surface area contributed by atoms with Gasteiger partial charge in [-0.1, -0.05) is 85.4 Å². The molecule has 1 fully saturated rings. The molecule has 0 aliphatic carbocycles. The second-order valence-electron chi connectivity index (χ2n) is 11.2. The van der Waals surface area contributed by atoms with Crippen molar-refractivity contribution in [2.45, 2.75) is 35.3 Å². The van der Waals surface area contributed by atoms with Gasteiger partial charge in [0.05, 0.1) is 11.6 Å². The second kappa shape index (κ2) is 14.0. The Morgan fingerprint density at radius 3 is 2.20 bits per heavy atom. The van der Waals surface area contributed by atoms with Gasteiger partial charge in [-0.2, -0.15) is 0 Å². The summed E-state index contributed by atoms with van der Waals surface area (Å²) in [5.41, 5.74) is 3.60. The highest BCUT2D eigenvalue weighted by molar-refractivity contribution is 7.99. The molecule has 0 spiro atoms. The largest absolute Gasteiger partial charge is 0.478 e. The van der Waals surface area contributed by atoms with Gasteiger partial charge in [-0.3, -0.25) is 14.5 Å². The van der Waals surface area contributed by atoms with E-state index in [-0.39, 0.29) is 23.4 Å². The van der Waals surface area contributed by atoms with E-state index in [4.69, 9.17) is 0 Å². The Hall–Kier alpha value is -4.93. The van der Waals surface area contributed by atoms with Gasteiger partial charge in [0.2, 0.25) is 5.91 Å². The molecule has 1 aliphatic heterocycles. The minimum atomic E-state index is -1.05. The lowest BCUT2D eigenvalue weighted by atomic mass is 9.96. The van der Waals surface area contributed by atoms with Crippen LogP contribution in [0, 0.1) is 0 Å².